The average molecular weight is 274 g/mol. The molecule has 0 amide bonds. The van der Waals surface area contributed by atoms with Gasteiger partial charge in [0, 0.05) is 18.5 Å². The van der Waals surface area contributed by atoms with Gasteiger partial charge in [0.05, 0.1) is 6.07 Å². The minimum atomic E-state index is 0.237. The van der Waals surface area contributed by atoms with Gasteiger partial charge in [-0.1, -0.05) is 0 Å². The summed E-state index contributed by atoms with van der Waals surface area (Å²) in [7, 11) is 0. The third kappa shape index (κ3) is 2.97. The van der Waals surface area contributed by atoms with E-state index in [9.17, 15) is 0 Å². The van der Waals surface area contributed by atoms with Gasteiger partial charge in [0.15, 0.2) is 11.5 Å². The molecule has 0 atom stereocenters. The van der Waals surface area contributed by atoms with E-state index in [1.54, 1.807) is 0 Å². The zero-order valence-corrected chi connectivity index (χ0v) is 11.4. The van der Waals surface area contributed by atoms with Gasteiger partial charge in [-0.2, -0.15) is 5.26 Å². The highest BCUT2D eigenvalue weighted by Gasteiger charge is 2.18. The Morgan fingerprint density at radius 3 is 2.85 bits per heavy atom. The third-order valence-electron chi connectivity index (χ3n) is 3.79. The number of ether oxygens (including phenoxy) is 3. The molecule has 0 spiro atoms. The Balaban J connectivity index is 1.43. The minimum Gasteiger partial charge on any atom is -0.492 e. The van der Waals surface area contributed by atoms with Crippen molar-refractivity contribution in [2.75, 3.05) is 33.0 Å². The number of rotatable bonds is 4. The second-order valence-corrected chi connectivity index (χ2v) is 5.11. The van der Waals surface area contributed by atoms with Crippen molar-refractivity contribution in [2.45, 2.75) is 12.8 Å². The van der Waals surface area contributed by atoms with Gasteiger partial charge < -0.3 is 14.2 Å². The maximum absolute atomic E-state index is 8.86. The molecule has 3 rings (SSSR count). The molecule has 5 heteroatoms. The molecule has 1 fully saturated rings. The van der Waals surface area contributed by atoms with E-state index >= 15 is 0 Å². The van der Waals surface area contributed by atoms with Crippen molar-refractivity contribution >= 4 is 0 Å². The molecule has 2 aliphatic heterocycles. The number of benzene rings is 1. The summed E-state index contributed by atoms with van der Waals surface area (Å²) < 4.78 is 16.3. The highest BCUT2D eigenvalue weighted by Crippen LogP contribution is 2.35. The number of nitrogens with zero attached hydrogens (tertiary/aromatic N) is 2. The van der Waals surface area contributed by atoms with Gasteiger partial charge in [-0.05, 0) is 38.1 Å². The van der Waals surface area contributed by atoms with Gasteiger partial charge in [0.2, 0.25) is 6.79 Å². The van der Waals surface area contributed by atoms with E-state index in [4.69, 9.17) is 19.5 Å². The molecule has 1 saturated heterocycles. The largest absolute Gasteiger partial charge is 0.492 e. The molecule has 0 aromatic heterocycles. The summed E-state index contributed by atoms with van der Waals surface area (Å²) in [5, 5.41) is 8.86. The number of likely N-dealkylation sites (tertiary alicyclic amines) is 1. The van der Waals surface area contributed by atoms with Crippen LogP contribution < -0.4 is 14.2 Å². The predicted octanol–water partition coefficient (Wildman–Crippen LogP) is 2.03. The summed E-state index contributed by atoms with van der Waals surface area (Å²) >= 11 is 0. The van der Waals surface area contributed by atoms with Crippen molar-refractivity contribution in [1.82, 2.24) is 4.90 Å². The number of piperidine rings is 1. The average Bonchev–Trinajstić information content (AvgIpc) is 2.95. The van der Waals surface area contributed by atoms with Crippen molar-refractivity contribution in [2.24, 2.45) is 5.92 Å². The molecule has 0 unspecified atom stereocenters. The van der Waals surface area contributed by atoms with Crippen LogP contribution in [0.15, 0.2) is 18.2 Å². The van der Waals surface area contributed by atoms with Crippen LogP contribution in [-0.4, -0.2) is 37.9 Å². The molecule has 0 saturated carbocycles. The third-order valence-corrected chi connectivity index (χ3v) is 3.79. The van der Waals surface area contributed by atoms with Crippen LogP contribution in [0.3, 0.4) is 0 Å². The summed E-state index contributed by atoms with van der Waals surface area (Å²) in [6.07, 6.45) is 1.95. The molecular weight excluding hydrogens is 256 g/mol. The van der Waals surface area contributed by atoms with Crippen molar-refractivity contribution in [1.29, 1.82) is 5.26 Å². The maximum atomic E-state index is 8.86. The van der Waals surface area contributed by atoms with E-state index in [2.05, 4.69) is 11.0 Å². The molecule has 5 nitrogen and oxygen atoms in total. The Kier molecular flexibility index (Phi) is 3.93. The summed E-state index contributed by atoms with van der Waals surface area (Å²) in [5.74, 6) is 2.57. The van der Waals surface area contributed by atoms with E-state index in [-0.39, 0.29) is 12.7 Å². The van der Waals surface area contributed by atoms with E-state index in [1.165, 1.54) is 0 Å². The Morgan fingerprint density at radius 1 is 1.25 bits per heavy atom. The second-order valence-electron chi connectivity index (χ2n) is 5.11. The Labute approximate surface area is 118 Å². The lowest BCUT2D eigenvalue weighted by molar-refractivity contribution is 0.168. The first-order chi connectivity index (χ1) is 9.85. The molecule has 1 aromatic rings. The fourth-order valence-electron chi connectivity index (χ4n) is 2.54. The molecule has 0 radical (unpaired) electrons. The predicted molar refractivity (Wildman–Crippen MR) is 72.8 cm³/mol. The monoisotopic (exact) mass is 274 g/mol. The summed E-state index contributed by atoms with van der Waals surface area (Å²) in [4.78, 5) is 2.35. The van der Waals surface area contributed by atoms with Crippen LogP contribution in [-0.2, 0) is 0 Å². The molecule has 106 valence electrons. The van der Waals surface area contributed by atoms with Crippen molar-refractivity contribution in [3.05, 3.63) is 18.2 Å². The molecule has 0 N–H and O–H groups in total. The normalized spacial score (nSPS) is 18.8. The fraction of sp³-hybridized carbons (Fsp3) is 0.533. The van der Waals surface area contributed by atoms with Crippen molar-refractivity contribution in [3.63, 3.8) is 0 Å². The lowest BCUT2D eigenvalue weighted by atomic mass is 9.99. The van der Waals surface area contributed by atoms with Crippen LogP contribution in [0.4, 0.5) is 0 Å². The summed E-state index contributed by atoms with van der Waals surface area (Å²) in [6, 6.07) is 7.98. The van der Waals surface area contributed by atoms with Crippen LogP contribution >= 0.6 is 0 Å². The summed E-state index contributed by atoms with van der Waals surface area (Å²) in [5.41, 5.74) is 0. The van der Waals surface area contributed by atoms with E-state index < -0.39 is 0 Å². The standard InChI is InChI=1S/C15H18N2O3/c16-10-12-3-5-17(6-4-12)7-8-18-13-1-2-14-15(9-13)20-11-19-14/h1-2,9,12H,3-8,11H2. The van der Waals surface area contributed by atoms with E-state index in [1.807, 2.05) is 18.2 Å². The number of hydrogen-bond donors (Lipinski definition) is 0. The molecule has 0 bridgehead atoms. The molecule has 2 heterocycles. The molecule has 0 aliphatic carbocycles. The lowest BCUT2D eigenvalue weighted by Gasteiger charge is -2.28. The van der Waals surface area contributed by atoms with Gasteiger partial charge in [0.1, 0.15) is 12.4 Å². The van der Waals surface area contributed by atoms with Crippen LogP contribution in [0, 0.1) is 17.2 Å². The Morgan fingerprint density at radius 2 is 2.05 bits per heavy atom. The van der Waals surface area contributed by atoms with Crippen LogP contribution in [0.2, 0.25) is 0 Å². The first-order valence-electron chi connectivity index (χ1n) is 6.99. The SMILES string of the molecule is N#CC1CCN(CCOc2ccc3c(c2)OCO3)CC1. The highest BCUT2D eigenvalue weighted by atomic mass is 16.7. The van der Waals surface area contributed by atoms with E-state index in [0.717, 1.165) is 49.7 Å². The number of hydrogen-bond acceptors (Lipinski definition) is 5. The number of nitriles is 1. The zero-order valence-electron chi connectivity index (χ0n) is 11.4. The van der Waals surface area contributed by atoms with Gasteiger partial charge >= 0.3 is 0 Å². The quantitative estimate of drug-likeness (QED) is 0.841. The lowest BCUT2D eigenvalue weighted by Crippen LogP contribution is -2.36. The first-order valence-corrected chi connectivity index (χ1v) is 6.99. The maximum Gasteiger partial charge on any atom is 0.231 e. The van der Waals surface area contributed by atoms with Gasteiger partial charge in [-0.15, -0.1) is 0 Å². The van der Waals surface area contributed by atoms with Crippen LogP contribution in [0.5, 0.6) is 17.2 Å². The van der Waals surface area contributed by atoms with E-state index in [0.29, 0.717) is 6.61 Å². The molecule has 20 heavy (non-hydrogen) atoms. The Hall–Kier alpha value is -1.93. The first kappa shape index (κ1) is 13.1. The minimum absolute atomic E-state index is 0.237. The highest BCUT2D eigenvalue weighted by molar-refractivity contribution is 5.46. The summed E-state index contributed by atoms with van der Waals surface area (Å²) in [6.45, 7) is 3.81. The van der Waals surface area contributed by atoms with Crippen LogP contribution in [0.25, 0.3) is 0 Å². The fourth-order valence-corrected chi connectivity index (χ4v) is 2.54. The number of fused-ring (bicyclic) bond motifs is 1. The smallest absolute Gasteiger partial charge is 0.231 e. The van der Waals surface area contributed by atoms with Gasteiger partial charge in [-0.3, -0.25) is 4.90 Å². The second kappa shape index (κ2) is 6.02. The molecule has 1 aromatic carbocycles. The van der Waals surface area contributed by atoms with Crippen molar-refractivity contribution < 1.29 is 14.2 Å². The van der Waals surface area contributed by atoms with Crippen molar-refractivity contribution in [3.8, 4) is 23.3 Å². The van der Waals surface area contributed by atoms with Crippen LogP contribution in [0.1, 0.15) is 12.8 Å². The Bertz CT molecular complexity index is 504. The van der Waals surface area contributed by atoms with Gasteiger partial charge in [0.25, 0.3) is 0 Å². The van der Waals surface area contributed by atoms with Gasteiger partial charge in [-0.25, -0.2) is 0 Å². The molecular formula is C15H18N2O3. The zero-order chi connectivity index (χ0) is 13.8. The molecule has 2 aliphatic rings. The topological polar surface area (TPSA) is 54.7 Å².